The molecule has 1 fully saturated rings. The molecule has 0 radical (unpaired) electrons. The molecule has 110 valence electrons. The van der Waals surface area contributed by atoms with Crippen LogP contribution in [0, 0.1) is 0 Å². The topological polar surface area (TPSA) is 74.7 Å². The van der Waals surface area contributed by atoms with Crippen molar-refractivity contribution >= 4 is 11.6 Å². The van der Waals surface area contributed by atoms with E-state index in [4.69, 9.17) is 4.74 Å². The summed E-state index contributed by atoms with van der Waals surface area (Å²) < 4.78 is 5.37. The Labute approximate surface area is 118 Å². The number of nitrogens with one attached hydrogen (secondary N) is 1. The molecular formula is C14H21N3O3. The third kappa shape index (κ3) is 3.08. The maximum absolute atomic E-state index is 11.9. The molecule has 2 N–H and O–H groups in total. The number of amides is 1. The number of pyridine rings is 1. The first kappa shape index (κ1) is 14.7. The van der Waals surface area contributed by atoms with Crippen LogP contribution in [-0.2, 0) is 9.53 Å². The molecule has 20 heavy (non-hydrogen) atoms. The smallest absolute Gasteiger partial charge is 0.244 e. The number of nitrogens with zero attached hydrogens (tertiary/aromatic N) is 2. The summed E-state index contributed by atoms with van der Waals surface area (Å²) in [6.45, 7) is 3.52. The van der Waals surface area contributed by atoms with Crippen LogP contribution in [0.2, 0.25) is 0 Å². The molecule has 2 atom stereocenters. The molecule has 6 nitrogen and oxygen atoms in total. The Bertz CT molecular complexity index is 449. The van der Waals surface area contributed by atoms with Crippen molar-refractivity contribution in [2.45, 2.75) is 25.5 Å². The fraction of sp³-hybridized carbons (Fsp3) is 0.571. The monoisotopic (exact) mass is 279 g/mol. The standard InChI is InChI=1S/C14H21N3O3/c1-3-13(18)11-5-4-10(8-16-11)17-6-7-20-9-12(17)14(19)15-2/h4-5,8,12-13,18H,3,6-7,9H2,1-2H3,(H,15,19)/t12?,13-/m0/s1. The highest BCUT2D eigenvalue weighted by Crippen LogP contribution is 2.21. The van der Waals surface area contributed by atoms with Crippen LogP contribution in [0.3, 0.4) is 0 Å². The number of rotatable bonds is 4. The first-order chi connectivity index (χ1) is 9.67. The van der Waals surface area contributed by atoms with Crippen LogP contribution in [0.15, 0.2) is 18.3 Å². The van der Waals surface area contributed by atoms with Gasteiger partial charge in [-0.3, -0.25) is 9.78 Å². The van der Waals surface area contributed by atoms with E-state index >= 15 is 0 Å². The van der Waals surface area contributed by atoms with E-state index in [1.54, 1.807) is 19.3 Å². The summed E-state index contributed by atoms with van der Waals surface area (Å²) in [5.41, 5.74) is 1.52. The highest BCUT2D eigenvalue weighted by molar-refractivity contribution is 5.85. The Morgan fingerprint density at radius 3 is 3.05 bits per heavy atom. The van der Waals surface area contributed by atoms with E-state index in [1.165, 1.54) is 0 Å². The van der Waals surface area contributed by atoms with Crippen molar-refractivity contribution in [1.29, 1.82) is 0 Å². The van der Waals surface area contributed by atoms with Gasteiger partial charge >= 0.3 is 0 Å². The largest absolute Gasteiger partial charge is 0.387 e. The van der Waals surface area contributed by atoms with Crippen LogP contribution in [0.1, 0.15) is 25.1 Å². The number of aliphatic hydroxyl groups is 1. The Balaban J connectivity index is 2.17. The van der Waals surface area contributed by atoms with Crippen molar-refractivity contribution in [2.24, 2.45) is 0 Å². The third-order valence-corrected chi connectivity index (χ3v) is 3.51. The van der Waals surface area contributed by atoms with Crippen LogP contribution in [0.25, 0.3) is 0 Å². The van der Waals surface area contributed by atoms with E-state index in [2.05, 4.69) is 10.3 Å². The van der Waals surface area contributed by atoms with Crippen LogP contribution >= 0.6 is 0 Å². The summed E-state index contributed by atoms with van der Waals surface area (Å²) in [5, 5.41) is 12.4. The van der Waals surface area contributed by atoms with E-state index in [0.29, 0.717) is 31.9 Å². The lowest BCUT2D eigenvalue weighted by Gasteiger charge is -2.35. The zero-order valence-electron chi connectivity index (χ0n) is 11.9. The van der Waals surface area contributed by atoms with Crippen molar-refractivity contribution in [2.75, 3.05) is 31.7 Å². The predicted molar refractivity (Wildman–Crippen MR) is 75.5 cm³/mol. The Morgan fingerprint density at radius 1 is 1.65 bits per heavy atom. The Hall–Kier alpha value is -1.66. The first-order valence-electron chi connectivity index (χ1n) is 6.87. The predicted octanol–water partition coefficient (Wildman–Crippen LogP) is 0.476. The molecule has 1 aromatic heterocycles. The summed E-state index contributed by atoms with van der Waals surface area (Å²) in [7, 11) is 1.62. The van der Waals surface area contributed by atoms with Crippen molar-refractivity contribution < 1.29 is 14.6 Å². The number of carbonyl (C=O) groups is 1. The number of hydrogen-bond donors (Lipinski definition) is 2. The molecule has 0 aromatic carbocycles. The lowest BCUT2D eigenvalue weighted by Crippen LogP contribution is -2.53. The van der Waals surface area contributed by atoms with Crippen molar-refractivity contribution in [3.63, 3.8) is 0 Å². The van der Waals surface area contributed by atoms with E-state index < -0.39 is 6.10 Å². The Kier molecular flexibility index (Phi) is 4.92. The van der Waals surface area contributed by atoms with E-state index in [0.717, 1.165) is 5.69 Å². The van der Waals surface area contributed by atoms with Gasteiger partial charge in [-0.25, -0.2) is 0 Å². The molecule has 0 aliphatic carbocycles. The van der Waals surface area contributed by atoms with Gasteiger partial charge in [-0.2, -0.15) is 0 Å². The van der Waals surface area contributed by atoms with Crippen molar-refractivity contribution in [1.82, 2.24) is 10.3 Å². The summed E-state index contributed by atoms with van der Waals surface area (Å²) in [5.74, 6) is -0.0673. The van der Waals surface area contributed by atoms with Crippen LogP contribution in [-0.4, -0.2) is 48.8 Å². The SMILES string of the molecule is CC[C@H](O)c1ccc(N2CCOCC2C(=O)NC)cn1. The lowest BCUT2D eigenvalue weighted by atomic mass is 10.1. The molecule has 1 unspecified atom stereocenters. The van der Waals surface area contributed by atoms with Gasteiger partial charge in [0.25, 0.3) is 0 Å². The second-order valence-electron chi connectivity index (χ2n) is 4.76. The Morgan fingerprint density at radius 2 is 2.45 bits per heavy atom. The van der Waals surface area contributed by atoms with Gasteiger partial charge in [0.05, 0.1) is 36.9 Å². The van der Waals surface area contributed by atoms with Gasteiger partial charge in [0.2, 0.25) is 5.91 Å². The number of likely N-dealkylation sites (N-methyl/N-ethyl adjacent to an activating group) is 1. The lowest BCUT2D eigenvalue weighted by molar-refractivity contribution is -0.124. The fourth-order valence-electron chi connectivity index (χ4n) is 2.27. The molecule has 0 saturated carbocycles. The number of morpholine rings is 1. The molecular weight excluding hydrogens is 258 g/mol. The summed E-state index contributed by atoms with van der Waals surface area (Å²) in [6, 6.07) is 3.36. The van der Waals surface area contributed by atoms with Gasteiger partial charge in [0, 0.05) is 13.6 Å². The quantitative estimate of drug-likeness (QED) is 0.838. The van der Waals surface area contributed by atoms with Gasteiger partial charge in [0.1, 0.15) is 6.04 Å². The normalized spacial score (nSPS) is 20.6. The maximum Gasteiger partial charge on any atom is 0.244 e. The van der Waals surface area contributed by atoms with Crippen LogP contribution in [0.4, 0.5) is 5.69 Å². The number of hydrogen-bond acceptors (Lipinski definition) is 5. The molecule has 1 aliphatic rings. The molecule has 0 bridgehead atoms. The van der Waals surface area contributed by atoms with E-state index in [9.17, 15) is 9.90 Å². The average Bonchev–Trinajstić information content (AvgIpc) is 2.53. The van der Waals surface area contributed by atoms with Gasteiger partial charge in [-0.05, 0) is 18.6 Å². The molecule has 1 aromatic rings. The molecule has 1 aliphatic heterocycles. The zero-order valence-corrected chi connectivity index (χ0v) is 11.9. The highest BCUT2D eigenvalue weighted by atomic mass is 16.5. The number of aromatic nitrogens is 1. The minimum absolute atomic E-state index is 0.0673. The van der Waals surface area contributed by atoms with E-state index in [-0.39, 0.29) is 11.9 Å². The van der Waals surface area contributed by atoms with Crippen LogP contribution < -0.4 is 10.2 Å². The highest BCUT2D eigenvalue weighted by Gasteiger charge is 2.29. The van der Waals surface area contributed by atoms with Gasteiger partial charge in [-0.15, -0.1) is 0 Å². The number of anilines is 1. The molecule has 1 saturated heterocycles. The molecule has 2 rings (SSSR count). The van der Waals surface area contributed by atoms with E-state index in [1.807, 2.05) is 17.9 Å². The van der Waals surface area contributed by atoms with Crippen LogP contribution in [0.5, 0.6) is 0 Å². The molecule has 6 heteroatoms. The first-order valence-corrected chi connectivity index (χ1v) is 6.87. The number of carbonyl (C=O) groups excluding carboxylic acids is 1. The zero-order chi connectivity index (χ0) is 14.5. The van der Waals surface area contributed by atoms with Gasteiger partial charge in [-0.1, -0.05) is 6.92 Å². The van der Waals surface area contributed by atoms with Gasteiger partial charge in [0.15, 0.2) is 0 Å². The average molecular weight is 279 g/mol. The maximum atomic E-state index is 11.9. The third-order valence-electron chi connectivity index (χ3n) is 3.51. The number of aliphatic hydroxyl groups excluding tert-OH is 1. The van der Waals surface area contributed by atoms with Crippen molar-refractivity contribution in [3.8, 4) is 0 Å². The van der Waals surface area contributed by atoms with Gasteiger partial charge < -0.3 is 20.1 Å². The summed E-state index contributed by atoms with van der Waals surface area (Å²) in [6.07, 6.45) is 1.80. The fourth-order valence-corrected chi connectivity index (χ4v) is 2.27. The molecule has 1 amide bonds. The summed E-state index contributed by atoms with van der Waals surface area (Å²) in [4.78, 5) is 18.1. The minimum atomic E-state index is -0.538. The molecule has 0 spiro atoms. The van der Waals surface area contributed by atoms with Crippen molar-refractivity contribution in [3.05, 3.63) is 24.0 Å². The number of ether oxygens (including phenoxy) is 1. The second-order valence-corrected chi connectivity index (χ2v) is 4.76. The summed E-state index contributed by atoms with van der Waals surface area (Å²) >= 11 is 0. The second kappa shape index (κ2) is 6.67. The molecule has 2 heterocycles. The minimum Gasteiger partial charge on any atom is -0.387 e.